The number of aliphatic hydroxyl groups is 1. The molecule has 26 heavy (non-hydrogen) atoms. The smallest absolute Gasteiger partial charge is 0.255 e. The molecule has 3 rings (SSSR count). The lowest BCUT2D eigenvalue weighted by atomic mass is 9.93. The van der Waals surface area contributed by atoms with Crippen LogP contribution in [0.1, 0.15) is 22.8 Å². The highest BCUT2D eigenvalue weighted by Crippen LogP contribution is 2.20. The van der Waals surface area contributed by atoms with Crippen LogP contribution in [-0.2, 0) is 6.42 Å². The minimum atomic E-state index is -0.821. The first-order valence-corrected chi connectivity index (χ1v) is 8.52. The number of carbonyl (C=O) groups is 1. The third-order valence-electron chi connectivity index (χ3n) is 4.23. The maximum Gasteiger partial charge on any atom is 0.255 e. The van der Waals surface area contributed by atoms with Gasteiger partial charge in [-0.1, -0.05) is 29.8 Å². The zero-order valence-corrected chi connectivity index (χ0v) is 15.3. The van der Waals surface area contributed by atoms with Gasteiger partial charge in [-0.2, -0.15) is 5.10 Å². The van der Waals surface area contributed by atoms with Crippen molar-refractivity contribution in [2.75, 3.05) is 13.7 Å². The molecule has 3 aromatic rings. The minimum Gasteiger partial charge on any atom is -0.481 e. The van der Waals surface area contributed by atoms with Crippen LogP contribution < -0.4 is 10.1 Å². The molecule has 1 aromatic carbocycles. The summed E-state index contributed by atoms with van der Waals surface area (Å²) >= 11 is 5.91. The summed E-state index contributed by atoms with van der Waals surface area (Å²) in [6, 6.07) is 12.7. The number of methoxy groups -OCH3 is 1. The topological polar surface area (TPSA) is 75.9 Å². The number of benzene rings is 1. The van der Waals surface area contributed by atoms with E-state index in [9.17, 15) is 9.90 Å². The van der Waals surface area contributed by atoms with Crippen molar-refractivity contribution in [1.29, 1.82) is 0 Å². The first-order valence-electron chi connectivity index (χ1n) is 8.14. The Balaban J connectivity index is 1.84. The molecule has 7 heteroatoms. The highest BCUT2D eigenvalue weighted by molar-refractivity contribution is 6.30. The van der Waals surface area contributed by atoms with Gasteiger partial charge in [0.2, 0.25) is 5.88 Å². The van der Waals surface area contributed by atoms with Gasteiger partial charge in [-0.05, 0) is 37.1 Å². The summed E-state index contributed by atoms with van der Waals surface area (Å²) in [5, 5.41) is 17.6. The van der Waals surface area contributed by atoms with Crippen molar-refractivity contribution in [2.45, 2.75) is 18.9 Å². The molecule has 0 aliphatic rings. The number of carbonyl (C=O) groups excluding carboxylic acids is 1. The maximum atomic E-state index is 12.8. The van der Waals surface area contributed by atoms with Crippen LogP contribution in [0.25, 0.3) is 5.52 Å². The largest absolute Gasteiger partial charge is 0.481 e. The van der Waals surface area contributed by atoms with Crippen LogP contribution in [0.15, 0.2) is 48.7 Å². The van der Waals surface area contributed by atoms with Gasteiger partial charge in [0.25, 0.3) is 5.91 Å². The van der Waals surface area contributed by atoms with E-state index >= 15 is 0 Å². The van der Waals surface area contributed by atoms with E-state index in [1.165, 1.54) is 6.20 Å². The summed E-state index contributed by atoms with van der Waals surface area (Å²) in [6.07, 6.45) is 1.96. The number of aromatic nitrogens is 2. The highest BCUT2D eigenvalue weighted by Gasteiger charge is 2.28. The number of aliphatic hydroxyl groups excluding tert-OH is 1. The number of fused-ring (bicyclic) bond motifs is 1. The normalized spacial score (nSPS) is 13.4. The molecule has 136 valence electrons. The predicted octanol–water partition coefficient (Wildman–Crippen LogP) is 2.72. The fraction of sp³-hybridized carbons (Fsp3) is 0.263. The van der Waals surface area contributed by atoms with E-state index in [1.54, 1.807) is 48.9 Å². The van der Waals surface area contributed by atoms with E-state index in [0.717, 1.165) is 5.56 Å². The number of hydrogen-bond acceptors (Lipinski definition) is 4. The van der Waals surface area contributed by atoms with Gasteiger partial charge < -0.3 is 15.2 Å². The molecule has 2 N–H and O–H groups in total. The Morgan fingerprint density at radius 2 is 2.04 bits per heavy atom. The summed E-state index contributed by atoms with van der Waals surface area (Å²) in [6.45, 7) is 1.59. The Bertz CT molecular complexity index is 923. The number of amides is 1. The third-order valence-corrected chi connectivity index (χ3v) is 4.49. The summed E-state index contributed by atoms with van der Waals surface area (Å²) in [7, 11) is 1.55. The minimum absolute atomic E-state index is 0.204. The second-order valence-corrected chi connectivity index (χ2v) is 6.84. The molecule has 0 aliphatic carbocycles. The summed E-state index contributed by atoms with van der Waals surface area (Å²) in [5.74, 6) is 0.228. The van der Waals surface area contributed by atoms with Crippen molar-refractivity contribution < 1.29 is 14.6 Å². The second-order valence-electron chi connectivity index (χ2n) is 6.40. The summed E-state index contributed by atoms with van der Waals surface area (Å²) in [4.78, 5) is 12.8. The number of nitrogens with one attached hydrogen (secondary N) is 1. The van der Waals surface area contributed by atoms with Crippen molar-refractivity contribution in [2.24, 2.45) is 0 Å². The molecule has 0 saturated heterocycles. The van der Waals surface area contributed by atoms with Crippen molar-refractivity contribution >= 4 is 23.0 Å². The van der Waals surface area contributed by atoms with Crippen molar-refractivity contribution in [3.63, 3.8) is 0 Å². The molecule has 0 spiro atoms. The molecule has 2 heterocycles. The number of pyridine rings is 1. The average Bonchev–Trinajstić information content (AvgIpc) is 3.08. The molecule has 0 bridgehead atoms. The molecule has 0 radical (unpaired) electrons. The molecule has 0 aliphatic heterocycles. The summed E-state index contributed by atoms with van der Waals surface area (Å²) in [5.41, 5.74) is 1.19. The van der Waals surface area contributed by atoms with Crippen LogP contribution in [0.2, 0.25) is 5.02 Å². The number of nitrogens with zero attached hydrogens (tertiary/aromatic N) is 2. The predicted molar refractivity (Wildman–Crippen MR) is 99.9 cm³/mol. The maximum absolute atomic E-state index is 12.8. The SMILES string of the molecule is COc1cccc2c(C(=O)NC(C)(CO)Cc3ccc(Cl)cc3)cnn12. The molecule has 6 nitrogen and oxygen atoms in total. The monoisotopic (exact) mass is 373 g/mol. The van der Waals surface area contributed by atoms with Gasteiger partial charge in [0.05, 0.1) is 36.5 Å². The van der Waals surface area contributed by atoms with Gasteiger partial charge in [-0.15, -0.1) is 0 Å². The molecule has 1 atom stereocenters. The van der Waals surface area contributed by atoms with Crippen LogP contribution in [0.3, 0.4) is 0 Å². The fourth-order valence-electron chi connectivity index (χ4n) is 2.85. The molecular formula is C19H20ClN3O3. The van der Waals surface area contributed by atoms with E-state index in [2.05, 4.69) is 10.4 Å². The lowest BCUT2D eigenvalue weighted by Gasteiger charge is -2.29. The van der Waals surface area contributed by atoms with Crippen LogP contribution >= 0.6 is 11.6 Å². The first kappa shape index (κ1) is 18.2. The Hall–Kier alpha value is -2.57. The van der Waals surface area contributed by atoms with Crippen molar-refractivity contribution in [3.8, 4) is 5.88 Å². The quantitative estimate of drug-likeness (QED) is 0.696. The molecule has 0 fully saturated rings. The second kappa shape index (κ2) is 7.35. The Morgan fingerprint density at radius 1 is 1.31 bits per heavy atom. The third kappa shape index (κ3) is 3.66. The van der Waals surface area contributed by atoms with Gasteiger partial charge >= 0.3 is 0 Å². The van der Waals surface area contributed by atoms with E-state index in [4.69, 9.17) is 16.3 Å². The lowest BCUT2D eigenvalue weighted by molar-refractivity contribution is 0.0853. The number of halogens is 1. The molecule has 2 aromatic heterocycles. The van der Waals surface area contributed by atoms with Gasteiger partial charge in [0.1, 0.15) is 0 Å². The van der Waals surface area contributed by atoms with E-state index in [-0.39, 0.29) is 12.5 Å². The first-order chi connectivity index (χ1) is 12.5. The number of hydrogen-bond donors (Lipinski definition) is 2. The Morgan fingerprint density at radius 3 is 2.69 bits per heavy atom. The van der Waals surface area contributed by atoms with E-state index < -0.39 is 5.54 Å². The number of ether oxygens (including phenoxy) is 1. The average molecular weight is 374 g/mol. The standard InChI is InChI=1S/C19H20ClN3O3/c1-19(12-24,10-13-6-8-14(20)9-7-13)22-18(25)15-11-21-23-16(15)4-3-5-17(23)26-2/h3-9,11,24H,10,12H2,1-2H3,(H,22,25). The van der Waals surface area contributed by atoms with Gasteiger partial charge in [-0.3, -0.25) is 4.79 Å². The van der Waals surface area contributed by atoms with E-state index in [1.807, 2.05) is 12.1 Å². The molecular weight excluding hydrogens is 354 g/mol. The number of rotatable bonds is 6. The van der Waals surface area contributed by atoms with Gasteiger partial charge in [0.15, 0.2) is 0 Å². The van der Waals surface area contributed by atoms with Crippen molar-refractivity contribution in [3.05, 3.63) is 64.8 Å². The zero-order chi connectivity index (χ0) is 18.7. The molecule has 0 saturated carbocycles. The van der Waals surface area contributed by atoms with Crippen LogP contribution in [0.4, 0.5) is 0 Å². The Kier molecular flexibility index (Phi) is 5.15. The van der Waals surface area contributed by atoms with Gasteiger partial charge in [0, 0.05) is 11.1 Å². The van der Waals surface area contributed by atoms with Crippen LogP contribution in [0.5, 0.6) is 5.88 Å². The lowest BCUT2D eigenvalue weighted by Crippen LogP contribution is -2.50. The summed E-state index contributed by atoms with van der Waals surface area (Å²) < 4.78 is 6.81. The van der Waals surface area contributed by atoms with E-state index in [0.29, 0.717) is 28.4 Å². The van der Waals surface area contributed by atoms with Crippen molar-refractivity contribution in [1.82, 2.24) is 14.9 Å². The Labute approximate surface area is 156 Å². The van der Waals surface area contributed by atoms with Crippen LogP contribution in [0, 0.1) is 0 Å². The fourth-order valence-corrected chi connectivity index (χ4v) is 2.98. The molecule has 1 amide bonds. The zero-order valence-electron chi connectivity index (χ0n) is 14.6. The van der Waals surface area contributed by atoms with Crippen LogP contribution in [-0.4, -0.2) is 39.9 Å². The molecule has 1 unspecified atom stereocenters. The van der Waals surface area contributed by atoms with Gasteiger partial charge in [-0.25, -0.2) is 4.52 Å². The highest BCUT2D eigenvalue weighted by atomic mass is 35.5.